The van der Waals surface area contributed by atoms with E-state index in [0.717, 1.165) is 0 Å². The Bertz CT molecular complexity index is 1250. The van der Waals surface area contributed by atoms with Crippen LogP contribution in [0, 0.1) is 5.92 Å². The second kappa shape index (κ2) is 7.53. The number of fused-ring (bicyclic) bond motifs is 2. The maximum Gasteiger partial charge on any atom is 0.277 e. The highest BCUT2D eigenvalue weighted by atomic mass is 16.7. The normalized spacial score (nSPS) is 20.9. The summed E-state index contributed by atoms with van der Waals surface area (Å²) in [4.78, 5) is 33.1. The molecule has 2 heterocycles. The van der Waals surface area contributed by atoms with E-state index < -0.39 is 17.4 Å². The first-order valence-electron chi connectivity index (χ1n) is 10.1. The second-order valence-electron chi connectivity index (χ2n) is 7.53. The van der Waals surface area contributed by atoms with Crippen molar-refractivity contribution in [3.8, 4) is 11.5 Å². The van der Waals surface area contributed by atoms with E-state index in [1.54, 1.807) is 67.8 Å². The lowest BCUT2D eigenvalue weighted by Crippen LogP contribution is -2.46. The van der Waals surface area contributed by atoms with Crippen LogP contribution in [0.1, 0.15) is 21.5 Å². The van der Waals surface area contributed by atoms with Crippen LogP contribution in [0.2, 0.25) is 0 Å². The van der Waals surface area contributed by atoms with Crippen molar-refractivity contribution in [2.45, 2.75) is 5.60 Å². The van der Waals surface area contributed by atoms with Crippen molar-refractivity contribution in [2.75, 3.05) is 19.5 Å². The Kier molecular flexibility index (Phi) is 4.66. The number of ether oxygens (including phenoxy) is 2. The van der Waals surface area contributed by atoms with E-state index in [9.17, 15) is 9.59 Å². The molecular weight excluding hydrogens is 408 g/mol. The number of carbonyl (C=O) groups is 2. The highest BCUT2D eigenvalue weighted by molar-refractivity contribution is 6.25. The number of nitrogens with one attached hydrogen (secondary N) is 1. The van der Waals surface area contributed by atoms with Gasteiger partial charge in [0.15, 0.2) is 5.78 Å². The molecule has 0 aliphatic carbocycles. The molecular formula is C25H20N2O5. The number of hydrogen-bond donors (Lipinski definition) is 1. The highest BCUT2D eigenvalue weighted by Crippen LogP contribution is 2.50. The number of amides is 1. The SMILES string of the molecule is COc1ccc(OC)c(C2=NO[C@@]3(C(=O)Nc4ccccc43)[C@@H]2C(=O)c2ccccc2)c1. The van der Waals surface area contributed by atoms with Gasteiger partial charge in [0.05, 0.1) is 14.2 Å². The van der Waals surface area contributed by atoms with Crippen LogP contribution in [0.3, 0.4) is 0 Å². The maximum absolute atomic E-state index is 13.9. The van der Waals surface area contributed by atoms with Crippen molar-refractivity contribution in [1.29, 1.82) is 0 Å². The third kappa shape index (κ3) is 2.78. The summed E-state index contributed by atoms with van der Waals surface area (Å²) in [5.41, 5.74) is 0.829. The first-order chi connectivity index (χ1) is 15.6. The van der Waals surface area contributed by atoms with Gasteiger partial charge in [-0.05, 0) is 24.3 Å². The topological polar surface area (TPSA) is 86.2 Å². The van der Waals surface area contributed by atoms with Gasteiger partial charge in [0.25, 0.3) is 11.5 Å². The molecule has 0 fully saturated rings. The molecule has 1 N–H and O–H groups in total. The van der Waals surface area contributed by atoms with E-state index in [1.807, 2.05) is 12.1 Å². The zero-order valence-electron chi connectivity index (χ0n) is 17.5. The number of ketones is 1. The summed E-state index contributed by atoms with van der Waals surface area (Å²) in [5, 5.41) is 7.15. The minimum atomic E-state index is -1.62. The van der Waals surface area contributed by atoms with Gasteiger partial charge in [0.1, 0.15) is 23.1 Å². The summed E-state index contributed by atoms with van der Waals surface area (Å²) < 4.78 is 10.9. The van der Waals surface area contributed by atoms with Gasteiger partial charge in [-0.25, -0.2) is 0 Å². The number of methoxy groups -OCH3 is 2. The summed E-state index contributed by atoms with van der Waals surface area (Å²) in [6.07, 6.45) is 0. The first kappa shape index (κ1) is 19.8. The Hall–Kier alpha value is -4.13. The molecule has 0 saturated carbocycles. The predicted molar refractivity (Wildman–Crippen MR) is 118 cm³/mol. The van der Waals surface area contributed by atoms with Crippen LogP contribution in [0.4, 0.5) is 5.69 Å². The van der Waals surface area contributed by atoms with Crippen molar-refractivity contribution in [2.24, 2.45) is 11.1 Å². The highest BCUT2D eigenvalue weighted by Gasteiger charge is 2.63. The van der Waals surface area contributed by atoms with E-state index in [0.29, 0.717) is 39.6 Å². The van der Waals surface area contributed by atoms with E-state index in [2.05, 4.69) is 10.5 Å². The number of para-hydroxylation sites is 1. The first-order valence-corrected chi connectivity index (χ1v) is 10.1. The number of anilines is 1. The predicted octanol–water partition coefficient (Wildman–Crippen LogP) is 3.78. The van der Waals surface area contributed by atoms with Gasteiger partial charge in [0.2, 0.25) is 0 Å². The Morgan fingerprint density at radius 1 is 1.00 bits per heavy atom. The molecule has 1 amide bonds. The molecule has 2 atom stereocenters. The number of rotatable bonds is 5. The Morgan fingerprint density at radius 3 is 2.50 bits per heavy atom. The third-order valence-corrected chi connectivity index (χ3v) is 5.88. The molecule has 0 unspecified atom stereocenters. The Morgan fingerprint density at radius 2 is 1.75 bits per heavy atom. The third-order valence-electron chi connectivity index (χ3n) is 5.88. The van der Waals surface area contributed by atoms with E-state index in [4.69, 9.17) is 14.3 Å². The van der Waals surface area contributed by atoms with E-state index >= 15 is 0 Å². The van der Waals surface area contributed by atoms with Crippen molar-refractivity contribution in [3.05, 3.63) is 89.5 Å². The fourth-order valence-electron chi connectivity index (χ4n) is 4.35. The van der Waals surface area contributed by atoms with Crippen molar-refractivity contribution < 1.29 is 23.9 Å². The molecule has 3 aromatic carbocycles. The smallest absolute Gasteiger partial charge is 0.277 e. The molecule has 160 valence electrons. The molecule has 5 rings (SSSR count). The fourth-order valence-corrected chi connectivity index (χ4v) is 4.35. The molecule has 2 aliphatic heterocycles. The van der Waals surface area contributed by atoms with Gasteiger partial charge in [-0.2, -0.15) is 0 Å². The monoisotopic (exact) mass is 428 g/mol. The van der Waals surface area contributed by atoms with Gasteiger partial charge >= 0.3 is 0 Å². The number of benzene rings is 3. The van der Waals surface area contributed by atoms with Crippen LogP contribution < -0.4 is 14.8 Å². The Balaban J connectivity index is 1.73. The summed E-state index contributed by atoms with van der Waals surface area (Å²) in [6.45, 7) is 0. The molecule has 7 heteroatoms. The lowest BCUT2D eigenvalue weighted by Gasteiger charge is -2.27. The van der Waals surface area contributed by atoms with Crippen LogP contribution in [-0.4, -0.2) is 31.6 Å². The largest absolute Gasteiger partial charge is 0.497 e. The zero-order chi connectivity index (χ0) is 22.3. The maximum atomic E-state index is 13.9. The van der Waals surface area contributed by atoms with Crippen molar-refractivity contribution in [1.82, 2.24) is 0 Å². The lowest BCUT2D eigenvalue weighted by molar-refractivity contribution is -0.140. The van der Waals surface area contributed by atoms with Gasteiger partial charge in [-0.15, -0.1) is 0 Å². The van der Waals surface area contributed by atoms with Crippen LogP contribution >= 0.6 is 0 Å². The quantitative estimate of drug-likeness (QED) is 0.625. The lowest BCUT2D eigenvalue weighted by atomic mass is 9.74. The molecule has 0 saturated heterocycles. The average Bonchev–Trinajstić information content (AvgIpc) is 3.37. The minimum Gasteiger partial charge on any atom is -0.497 e. The van der Waals surface area contributed by atoms with Crippen LogP contribution in [0.5, 0.6) is 11.5 Å². The van der Waals surface area contributed by atoms with E-state index in [1.165, 1.54) is 7.11 Å². The van der Waals surface area contributed by atoms with Gasteiger partial charge in [0, 0.05) is 22.4 Å². The molecule has 0 bridgehead atoms. The number of nitrogens with zero attached hydrogens (tertiary/aromatic N) is 1. The van der Waals surface area contributed by atoms with E-state index in [-0.39, 0.29) is 5.78 Å². The molecule has 32 heavy (non-hydrogen) atoms. The molecule has 7 nitrogen and oxygen atoms in total. The molecule has 0 aromatic heterocycles. The average molecular weight is 428 g/mol. The fraction of sp³-hybridized carbons (Fsp3) is 0.160. The number of hydrogen-bond acceptors (Lipinski definition) is 6. The van der Waals surface area contributed by atoms with Gasteiger partial charge < -0.3 is 19.6 Å². The second-order valence-corrected chi connectivity index (χ2v) is 7.53. The van der Waals surface area contributed by atoms with Crippen LogP contribution in [0.15, 0.2) is 78.0 Å². The molecule has 0 radical (unpaired) electrons. The van der Waals surface area contributed by atoms with Crippen LogP contribution in [-0.2, 0) is 15.2 Å². The minimum absolute atomic E-state index is 0.279. The number of oxime groups is 1. The standard InChI is InChI=1S/C25H20N2O5/c1-30-16-12-13-20(31-2)17(14-16)22-21(23(28)15-8-4-3-5-9-15)25(32-27-22)18-10-6-7-11-19(18)26-24(25)29/h3-14,21H,1-2H3,(H,26,29)/t21-,25+/m0/s1. The van der Waals surface area contributed by atoms with Gasteiger partial charge in [-0.3, -0.25) is 9.59 Å². The van der Waals surface area contributed by atoms with Crippen LogP contribution in [0.25, 0.3) is 0 Å². The molecule has 2 aliphatic rings. The summed E-state index contributed by atoms with van der Waals surface area (Å²) >= 11 is 0. The number of Topliss-reactive ketones (excluding diaryl/α,β-unsaturated/α-hetero) is 1. The summed E-state index contributed by atoms with van der Waals surface area (Å²) in [6, 6.07) is 21.2. The summed E-state index contributed by atoms with van der Waals surface area (Å²) in [5.74, 6) is -0.698. The zero-order valence-corrected chi connectivity index (χ0v) is 17.5. The molecule has 1 spiro atoms. The molecule has 3 aromatic rings. The van der Waals surface area contributed by atoms with Crippen molar-refractivity contribution >= 4 is 23.1 Å². The summed E-state index contributed by atoms with van der Waals surface area (Å²) in [7, 11) is 3.08. The number of carbonyl (C=O) groups excluding carboxylic acids is 2. The van der Waals surface area contributed by atoms with Gasteiger partial charge in [-0.1, -0.05) is 53.7 Å². The Labute approximate surface area is 184 Å². The van der Waals surface area contributed by atoms with Crippen molar-refractivity contribution in [3.63, 3.8) is 0 Å².